The van der Waals surface area contributed by atoms with Gasteiger partial charge in [0.2, 0.25) is 0 Å². The standard InChI is InChI=1S/C12H23N3O2/c1-10-7-15(11(16)13(2)3)6-5-12(10)8-14(4)9-17-12/h10H,5-9H2,1-4H3. The number of likely N-dealkylation sites (N-methyl/N-ethyl adjacent to an activating group) is 1. The van der Waals surface area contributed by atoms with Gasteiger partial charge in [0.1, 0.15) is 0 Å². The predicted octanol–water partition coefficient (Wildman–Crippen LogP) is 0.668. The van der Waals surface area contributed by atoms with E-state index in [4.69, 9.17) is 4.74 Å². The molecule has 2 rings (SSSR count). The molecule has 0 radical (unpaired) electrons. The Morgan fingerprint density at radius 2 is 2.18 bits per heavy atom. The first-order valence-corrected chi connectivity index (χ1v) is 6.23. The van der Waals surface area contributed by atoms with Crippen LogP contribution in [0.1, 0.15) is 13.3 Å². The lowest BCUT2D eigenvalue weighted by Gasteiger charge is -2.43. The molecule has 1 spiro atoms. The molecule has 0 saturated carbocycles. The minimum Gasteiger partial charge on any atom is -0.358 e. The van der Waals surface area contributed by atoms with Gasteiger partial charge in [-0.05, 0) is 13.5 Å². The van der Waals surface area contributed by atoms with E-state index < -0.39 is 0 Å². The summed E-state index contributed by atoms with van der Waals surface area (Å²) in [6.45, 7) is 5.48. The summed E-state index contributed by atoms with van der Waals surface area (Å²) < 4.78 is 5.97. The fourth-order valence-corrected chi connectivity index (χ4v) is 2.85. The van der Waals surface area contributed by atoms with Crippen molar-refractivity contribution in [3.63, 3.8) is 0 Å². The molecular formula is C12H23N3O2. The lowest BCUT2D eigenvalue weighted by atomic mass is 9.82. The Hall–Kier alpha value is -0.810. The summed E-state index contributed by atoms with van der Waals surface area (Å²) in [5.41, 5.74) is -0.0299. The van der Waals surface area contributed by atoms with E-state index >= 15 is 0 Å². The monoisotopic (exact) mass is 241 g/mol. The third-order valence-electron chi connectivity index (χ3n) is 3.96. The Bertz CT molecular complexity index is 308. The molecule has 98 valence electrons. The van der Waals surface area contributed by atoms with Gasteiger partial charge in [-0.1, -0.05) is 6.92 Å². The Morgan fingerprint density at radius 1 is 1.47 bits per heavy atom. The molecule has 2 aliphatic heterocycles. The molecule has 0 aromatic carbocycles. The number of rotatable bonds is 0. The van der Waals surface area contributed by atoms with Crippen LogP contribution in [0.15, 0.2) is 0 Å². The van der Waals surface area contributed by atoms with Crippen molar-refractivity contribution in [3.05, 3.63) is 0 Å². The number of hydrogen-bond acceptors (Lipinski definition) is 3. The minimum absolute atomic E-state index is 0.0299. The number of likely N-dealkylation sites (tertiary alicyclic amines) is 1. The summed E-state index contributed by atoms with van der Waals surface area (Å²) in [6, 6.07) is 0.109. The summed E-state index contributed by atoms with van der Waals surface area (Å²) in [5, 5.41) is 0. The van der Waals surface area contributed by atoms with Gasteiger partial charge >= 0.3 is 6.03 Å². The number of ether oxygens (including phenoxy) is 1. The second-order valence-corrected chi connectivity index (χ2v) is 5.63. The Kier molecular flexibility index (Phi) is 3.32. The highest BCUT2D eigenvalue weighted by Gasteiger charge is 2.46. The van der Waals surface area contributed by atoms with Gasteiger partial charge in [0, 0.05) is 39.6 Å². The van der Waals surface area contributed by atoms with Crippen molar-refractivity contribution in [2.24, 2.45) is 5.92 Å². The van der Waals surface area contributed by atoms with Gasteiger partial charge in [-0.2, -0.15) is 0 Å². The lowest BCUT2D eigenvalue weighted by molar-refractivity contribution is -0.0697. The van der Waals surface area contributed by atoms with Crippen molar-refractivity contribution in [3.8, 4) is 0 Å². The highest BCUT2D eigenvalue weighted by Crippen LogP contribution is 2.35. The zero-order chi connectivity index (χ0) is 12.6. The maximum atomic E-state index is 11.9. The molecule has 0 aromatic heterocycles. The van der Waals surface area contributed by atoms with Crippen molar-refractivity contribution in [2.75, 3.05) is 47.5 Å². The van der Waals surface area contributed by atoms with Crippen molar-refractivity contribution >= 4 is 6.03 Å². The average molecular weight is 241 g/mol. The van der Waals surface area contributed by atoms with Crippen molar-refractivity contribution in [2.45, 2.75) is 18.9 Å². The number of amides is 2. The first-order chi connectivity index (χ1) is 7.94. The van der Waals surface area contributed by atoms with Crippen LogP contribution in [0.2, 0.25) is 0 Å². The molecule has 0 aliphatic carbocycles. The summed E-state index contributed by atoms with van der Waals surface area (Å²) in [6.07, 6.45) is 0.943. The molecule has 2 amide bonds. The number of piperidine rings is 1. The molecule has 2 atom stereocenters. The van der Waals surface area contributed by atoms with Crippen molar-refractivity contribution in [1.82, 2.24) is 14.7 Å². The molecule has 2 aliphatic rings. The highest BCUT2D eigenvalue weighted by atomic mass is 16.5. The first kappa shape index (κ1) is 12.6. The molecule has 5 nitrogen and oxygen atoms in total. The van der Waals surface area contributed by atoms with Gasteiger partial charge in [-0.15, -0.1) is 0 Å². The number of carbonyl (C=O) groups excluding carboxylic acids is 1. The number of hydrogen-bond donors (Lipinski definition) is 0. The van der Waals surface area contributed by atoms with E-state index in [0.29, 0.717) is 12.6 Å². The van der Waals surface area contributed by atoms with E-state index in [1.54, 1.807) is 19.0 Å². The van der Waals surface area contributed by atoms with E-state index in [1.807, 2.05) is 4.90 Å². The summed E-state index contributed by atoms with van der Waals surface area (Å²) in [5.74, 6) is 0.394. The SMILES string of the molecule is CC1CN(C(=O)N(C)C)CCC12CN(C)CO2. The van der Waals surface area contributed by atoms with Gasteiger partial charge < -0.3 is 14.5 Å². The Balaban J connectivity index is 2.00. The fraction of sp³-hybridized carbons (Fsp3) is 0.917. The van der Waals surface area contributed by atoms with Crippen molar-refractivity contribution in [1.29, 1.82) is 0 Å². The number of nitrogens with zero attached hydrogens (tertiary/aromatic N) is 3. The van der Waals surface area contributed by atoms with Gasteiger partial charge in [0.25, 0.3) is 0 Å². The summed E-state index contributed by atoms with van der Waals surface area (Å²) in [4.78, 5) is 17.7. The van der Waals surface area contributed by atoms with Crippen LogP contribution < -0.4 is 0 Å². The van der Waals surface area contributed by atoms with E-state index in [0.717, 1.165) is 26.1 Å². The van der Waals surface area contributed by atoms with Crippen molar-refractivity contribution < 1.29 is 9.53 Å². The molecule has 2 saturated heterocycles. The molecule has 5 heteroatoms. The average Bonchev–Trinajstić information content (AvgIpc) is 2.64. The zero-order valence-corrected chi connectivity index (χ0v) is 11.3. The largest absolute Gasteiger partial charge is 0.358 e. The Morgan fingerprint density at radius 3 is 2.65 bits per heavy atom. The van der Waals surface area contributed by atoms with Crippen LogP contribution in [0.3, 0.4) is 0 Å². The van der Waals surface area contributed by atoms with E-state index in [1.165, 1.54) is 0 Å². The fourth-order valence-electron chi connectivity index (χ4n) is 2.85. The predicted molar refractivity (Wildman–Crippen MR) is 65.8 cm³/mol. The third-order valence-corrected chi connectivity index (χ3v) is 3.96. The second-order valence-electron chi connectivity index (χ2n) is 5.63. The van der Waals surface area contributed by atoms with Crippen LogP contribution in [-0.4, -0.2) is 73.8 Å². The number of urea groups is 1. The molecule has 2 heterocycles. The first-order valence-electron chi connectivity index (χ1n) is 6.23. The van der Waals surface area contributed by atoms with E-state index in [-0.39, 0.29) is 11.6 Å². The lowest BCUT2D eigenvalue weighted by Crippen LogP contribution is -2.55. The van der Waals surface area contributed by atoms with E-state index in [9.17, 15) is 4.79 Å². The van der Waals surface area contributed by atoms with Gasteiger partial charge in [0.05, 0.1) is 12.3 Å². The maximum Gasteiger partial charge on any atom is 0.319 e. The maximum absolute atomic E-state index is 11.9. The molecule has 0 N–H and O–H groups in total. The quantitative estimate of drug-likeness (QED) is 0.625. The molecule has 2 unspecified atom stereocenters. The molecule has 0 aromatic rings. The Labute approximate surface area is 103 Å². The smallest absolute Gasteiger partial charge is 0.319 e. The second kappa shape index (κ2) is 4.46. The van der Waals surface area contributed by atoms with Gasteiger partial charge in [0.15, 0.2) is 0 Å². The summed E-state index contributed by atoms with van der Waals surface area (Å²) >= 11 is 0. The molecular weight excluding hydrogens is 218 g/mol. The zero-order valence-electron chi connectivity index (χ0n) is 11.3. The molecule has 17 heavy (non-hydrogen) atoms. The van der Waals surface area contributed by atoms with Crippen LogP contribution in [0.25, 0.3) is 0 Å². The van der Waals surface area contributed by atoms with Gasteiger partial charge in [-0.3, -0.25) is 4.90 Å². The van der Waals surface area contributed by atoms with Crippen LogP contribution >= 0.6 is 0 Å². The van der Waals surface area contributed by atoms with Crippen LogP contribution in [-0.2, 0) is 4.74 Å². The summed E-state index contributed by atoms with van der Waals surface area (Å²) in [7, 11) is 5.69. The van der Waals surface area contributed by atoms with Crippen LogP contribution in [0.5, 0.6) is 0 Å². The highest BCUT2D eigenvalue weighted by molar-refractivity contribution is 5.74. The van der Waals surface area contributed by atoms with Crippen LogP contribution in [0.4, 0.5) is 4.79 Å². The molecule has 0 bridgehead atoms. The normalized spacial score (nSPS) is 34.4. The number of carbonyl (C=O) groups is 1. The van der Waals surface area contributed by atoms with Gasteiger partial charge in [-0.25, -0.2) is 4.79 Å². The minimum atomic E-state index is -0.0299. The van der Waals surface area contributed by atoms with E-state index in [2.05, 4.69) is 18.9 Å². The third kappa shape index (κ3) is 2.26. The topological polar surface area (TPSA) is 36.0 Å². The molecule has 2 fully saturated rings. The van der Waals surface area contributed by atoms with Crippen LogP contribution in [0, 0.1) is 5.92 Å².